The van der Waals surface area contributed by atoms with Crippen molar-refractivity contribution in [2.75, 3.05) is 19.0 Å². The maximum atomic E-state index is 11.2. The van der Waals surface area contributed by atoms with Gasteiger partial charge in [0.2, 0.25) is 0 Å². The Morgan fingerprint density at radius 3 is 2.76 bits per heavy atom. The van der Waals surface area contributed by atoms with Crippen LogP contribution in [0.3, 0.4) is 0 Å². The van der Waals surface area contributed by atoms with Crippen LogP contribution < -0.4 is 15.4 Å². The van der Waals surface area contributed by atoms with Gasteiger partial charge in [0.1, 0.15) is 5.75 Å². The molecule has 0 heterocycles. The second-order valence-corrected chi connectivity index (χ2v) is 5.39. The number of carbonyl (C=O) groups excluding carboxylic acids is 1. The summed E-state index contributed by atoms with van der Waals surface area (Å²) in [5.41, 5.74) is 2.13. The van der Waals surface area contributed by atoms with E-state index in [-0.39, 0.29) is 12.5 Å². The van der Waals surface area contributed by atoms with Gasteiger partial charge in [-0.2, -0.15) is 0 Å². The largest absolute Gasteiger partial charge is 0.484 e. The molecular weight excluding hydrogens is 332 g/mol. The monoisotopic (exact) mass is 348 g/mol. The van der Waals surface area contributed by atoms with Crippen molar-refractivity contribution in [2.24, 2.45) is 0 Å². The van der Waals surface area contributed by atoms with E-state index < -0.39 is 0 Å². The molecule has 0 aliphatic carbocycles. The minimum atomic E-state index is -0.150. The predicted octanol–water partition coefficient (Wildman–Crippen LogP) is 3.19. The van der Waals surface area contributed by atoms with Crippen molar-refractivity contribution in [3.8, 4) is 5.75 Å². The molecular formula is C16H17BrN2O2. The molecule has 0 bridgehead atoms. The molecule has 0 aromatic heterocycles. The molecule has 0 radical (unpaired) electrons. The molecule has 2 rings (SSSR count). The van der Waals surface area contributed by atoms with E-state index in [1.54, 1.807) is 7.05 Å². The van der Waals surface area contributed by atoms with Gasteiger partial charge < -0.3 is 15.4 Å². The van der Waals surface area contributed by atoms with Crippen molar-refractivity contribution in [2.45, 2.75) is 6.54 Å². The molecule has 4 nitrogen and oxygen atoms in total. The lowest BCUT2D eigenvalue weighted by Crippen LogP contribution is -2.24. The summed E-state index contributed by atoms with van der Waals surface area (Å²) in [4.78, 5) is 11.2. The van der Waals surface area contributed by atoms with E-state index in [9.17, 15) is 4.79 Å². The molecule has 2 N–H and O–H groups in total. The molecule has 110 valence electrons. The quantitative estimate of drug-likeness (QED) is 0.842. The maximum absolute atomic E-state index is 11.2. The highest BCUT2D eigenvalue weighted by atomic mass is 79.9. The summed E-state index contributed by atoms with van der Waals surface area (Å²) in [5.74, 6) is 0.514. The van der Waals surface area contributed by atoms with Crippen LogP contribution in [0.25, 0.3) is 0 Å². The molecule has 0 saturated heterocycles. The van der Waals surface area contributed by atoms with Crippen LogP contribution in [-0.2, 0) is 11.3 Å². The van der Waals surface area contributed by atoms with Crippen LogP contribution in [0.5, 0.6) is 5.75 Å². The zero-order valence-corrected chi connectivity index (χ0v) is 13.3. The molecule has 0 aliphatic rings. The summed E-state index contributed by atoms with van der Waals surface area (Å²) in [5, 5.41) is 5.85. The Hall–Kier alpha value is -2.01. The van der Waals surface area contributed by atoms with Gasteiger partial charge in [-0.25, -0.2) is 0 Å². The zero-order valence-electron chi connectivity index (χ0n) is 11.7. The first-order valence-electron chi connectivity index (χ1n) is 6.59. The summed E-state index contributed by atoms with van der Waals surface area (Å²) in [6, 6.07) is 15.7. The van der Waals surface area contributed by atoms with E-state index in [1.165, 1.54) is 5.56 Å². The van der Waals surface area contributed by atoms with Gasteiger partial charge in [-0.1, -0.05) is 34.1 Å². The third-order valence-electron chi connectivity index (χ3n) is 2.87. The fourth-order valence-corrected chi connectivity index (χ4v) is 2.21. The average Bonchev–Trinajstić information content (AvgIpc) is 2.51. The Morgan fingerprint density at radius 1 is 1.19 bits per heavy atom. The number of ether oxygens (including phenoxy) is 1. The van der Waals surface area contributed by atoms with Gasteiger partial charge in [-0.3, -0.25) is 4.79 Å². The van der Waals surface area contributed by atoms with E-state index in [0.29, 0.717) is 5.75 Å². The fraction of sp³-hybridized carbons (Fsp3) is 0.188. The number of nitrogens with one attached hydrogen (secondary N) is 2. The van der Waals surface area contributed by atoms with Crippen molar-refractivity contribution in [3.05, 3.63) is 58.6 Å². The summed E-state index contributed by atoms with van der Waals surface area (Å²) >= 11 is 3.46. The van der Waals surface area contributed by atoms with E-state index in [2.05, 4.69) is 38.7 Å². The molecule has 2 aromatic carbocycles. The van der Waals surface area contributed by atoms with Crippen molar-refractivity contribution < 1.29 is 9.53 Å². The summed E-state index contributed by atoms with van der Waals surface area (Å²) in [6.45, 7) is 0.740. The smallest absolute Gasteiger partial charge is 0.257 e. The number of halogens is 1. The third-order valence-corrected chi connectivity index (χ3v) is 3.36. The number of anilines is 1. The highest BCUT2D eigenvalue weighted by molar-refractivity contribution is 9.10. The number of benzene rings is 2. The Balaban J connectivity index is 1.93. The van der Waals surface area contributed by atoms with Gasteiger partial charge in [0.15, 0.2) is 6.61 Å². The van der Waals surface area contributed by atoms with Gasteiger partial charge in [-0.15, -0.1) is 0 Å². The van der Waals surface area contributed by atoms with E-state index >= 15 is 0 Å². The summed E-state index contributed by atoms with van der Waals surface area (Å²) in [6.07, 6.45) is 0. The first-order valence-corrected chi connectivity index (χ1v) is 7.38. The highest BCUT2D eigenvalue weighted by Crippen LogP contribution is 2.19. The highest BCUT2D eigenvalue weighted by Gasteiger charge is 2.01. The average molecular weight is 349 g/mol. The zero-order chi connectivity index (χ0) is 15.1. The van der Waals surface area contributed by atoms with E-state index in [4.69, 9.17) is 4.74 Å². The predicted molar refractivity (Wildman–Crippen MR) is 87.5 cm³/mol. The number of amides is 1. The van der Waals surface area contributed by atoms with Crippen LogP contribution in [-0.4, -0.2) is 19.6 Å². The van der Waals surface area contributed by atoms with Gasteiger partial charge >= 0.3 is 0 Å². The topological polar surface area (TPSA) is 50.4 Å². The number of likely N-dealkylation sites (N-methyl/N-ethyl adjacent to an activating group) is 1. The Labute approximate surface area is 132 Å². The van der Waals surface area contributed by atoms with Crippen molar-refractivity contribution in [3.63, 3.8) is 0 Å². The van der Waals surface area contributed by atoms with Crippen LogP contribution in [0.2, 0.25) is 0 Å². The molecule has 0 saturated carbocycles. The molecule has 1 amide bonds. The van der Waals surface area contributed by atoms with Crippen molar-refractivity contribution >= 4 is 27.5 Å². The summed E-state index contributed by atoms with van der Waals surface area (Å²) < 4.78 is 6.47. The molecule has 2 aromatic rings. The second kappa shape index (κ2) is 7.69. The normalized spacial score (nSPS) is 10.0. The number of hydrogen-bond acceptors (Lipinski definition) is 3. The first-order chi connectivity index (χ1) is 10.2. The van der Waals surface area contributed by atoms with E-state index in [1.807, 2.05) is 36.4 Å². The Morgan fingerprint density at radius 2 is 2.00 bits per heavy atom. The molecule has 0 atom stereocenters. The molecule has 5 heteroatoms. The van der Waals surface area contributed by atoms with Gasteiger partial charge in [0.05, 0.1) is 0 Å². The molecule has 0 aliphatic heterocycles. The lowest BCUT2D eigenvalue weighted by Gasteiger charge is -2.10. The molecule has 0 fully saturated rings. The second-order valence-electron chi connectivity index (χ2n) is 4.47. The number of hydrogen-bond donors (Lipinski definition) is 2. The van der Waals surface area contributed by atoms with E-state index in [0.717, 1.165) is 16.7 Å². The van der Waals surface area contributed by atoms with Crippen LogP contribution >= 0.6 is 15.9 Å². The SMILES string of the molecule is CNC(=O)COc1cccc(NCc2cccc(Br)c2)c1. The summed E-state index contributed by atoms with van der Waals surface area (Å²) in [7, 11) is 1.58. The van der Waals surface area contributed by atoms with Crippen molar-refractivity contribution in [1.29, 1.82) is 0 Å². The Bertz CT molecular complexity index is 617. The van der Waals surface area contributed by atoms with Crippen LogP contribution in [0.1, 0.15) is 5.56 Å². The Kier molecular flexibility index (Phi) is 5.63. The van der Waals surface area contributed by atoms with Gasteiger partial charge in [-0.05, 0) is 29.8 Å². The number of carbonyl (C=O) groups is 1. The lowest BCUT2D eigenvalue weighted by molar-refractivity contribution is -0.122. The van der Waals surface area contributed by atoms with Gasteiger partial charge in [0.25, 0.3) is 5.91 Å². The first kappa shape index (κ1) is 15.4. The number of rotatable bonds is 6. The fourth-order valence-electron chi connectivity index (χ4n) is 1.77. The van der Waals surface area contributed by atoms with Gasteiger partial charge in [0, 0.05) is 29.8 Å². The molecule has 0 spiro atoms. The molecule has 0 unspecified atom stereocenters. The van der Waals surface area contributed by atoms with Crippen molar-refractivity contribution in [1.82, 2.24) is 5.32 Å². The lowest BCUT2D eigenvalue weighted by atomic mass is 10.2. The van der Waals surface area contributed by atoms with Crippen LogP contribution in [0, 0.1) is 0 Å². The molecule has 21 heavy (non-hydrogen) atoms. The standard InChI is InChI=1S/C16H17BrN2O2/c1-18-16(20)11-21-15-7-3-6-14(9-15)19-10-12-4-2-5-13(17)8-12/h2-9,19H,10-11H2,1H3,(H,18,20). The minimum absolute atomic E-state index is 0.0194. The minimum Gasteiger partial charge on any atom is -0.484 e. The maximum Gasteiger partial charge on any atom is 0.257 e. The third kappa shape index (κ3) is 5.11. The van der Waals surface area contributed by atoms with Crippen LogP contribution in [0.4, 0.5) is 5.69 Å². The van der Waals surface area contributed by atoms with Crippen LogP contribution in [0.15, 0.2) is 53.0 Å².